The second-order valence-corrected chi connectivity index (χ2v) is 5.10. The monoisotopic (exact) mass is 280 g/mol. The van der Waals surface area contributed by atoms with Crippen molar-refractivity contribution in [1.82, 2.24) is 10.2 Å². The first-order valence-electron chi connectivity index (χ1n) is 6.61. The van der Waals surface area contributed by atoms with E-state index in [1.165, 1.54) is 0 Å². The van der Waals surface area contributed by atoms with Crippen molar-refractivity contribution < 1.29 is 9.53 Å². The summed E-state index contributed by atoms with van der Waals surface area (Å²) in [6, 6.07) is 7.29. The van der Waals surface area contributed by atoms with Crippen molar-refractivity contribution in [2.45, 2.75) is 17.9 Å². The minimum atomic E-state index is -0.0946. The number of nitrogens with one attached hydrogen (secondary N) is 1. The van der Waals surface area contributed by atoms with Crippen LogP contribution in [-0.4, -0.2) is 49.7 Å². The molecule has 4 nitrogen and oxygen atoms in total. The van der Waals surface area contributed by atoms with Gasteiger partial charge < -0.3 is 10.1 Å². The second-order valence-electron chi connectivity index (χ2n) is 4.61. The molecule has 0 aromatic heterocycles. The number of likely N-dealkylation sites (N-methyl/N-ethyl adjacent to an activating group) is 1. The Labute approximate surface area is 119 Å². The molecule has 1 aromatic carbocycles. The first-order valence-corrected chi connectivity index (χ1v) is 7.05. The first kappa shape index (κ1) is 14.4. The van der Waals surface area contributed by atoms with E-state index in [1.54, 1.807) is 6.07 Å². The van der Waals surface area contributed by atoms with Crippen molar-refractivity contribution in [3.8, 4) is 0 Å². The highest BCUT2D eigenvalue weighted by Gasteiger charge is 2.20. The highest BCUT2D eigenvalue weighted by Crippen LogP contribution is 2.12. The molecule has 1 saturated heterocycles. The van der Waals surface area contributed by atoms with Gasteiger partial charge in [0.2, 0.25) is 0 Å². The van der Waals surface area contributed by atoms with Crippen molar-refractivity contribution in [2.24, 2.45) is 0 Å². The number of thiol groups is 1. The number of carbonyl (C=O) groups excluding carboxylic acids is 1. The molecule has 0 bridgehead atoms. The Bertz CT molecular complexity index is 439. The van der Waals surface area contributed by atoms with E-state index in [2.05, 4.69) is 29.8 Å². The zero-order chi connectivity index (χ0) is 13.7. The van der Waals surface area contributed by atoms with E-state index in [4.69, 9.17) is 4.74 Å². The Kier molecular flexibility index (Phi) is 5.24. The lowest BCUT2D eigenvalue weighted by Gasteiger charge is -2.32. The average Bonchev–Trinajstić information content (AvgIpc) is 2.45. The van der Waals surface area contributed by atoms with Crippen molar-refractivity contribution >= 4 is 18.5 Å². The summed E-state index contributed by atoms with van der Waals surface area (Å²) in [6.07, 6.45) is 0.0738. The lowest BCUT2D eigenvalue weighted by molar-refractivity contribution is -0.0246. The smallest absolute Gasteiger partial charge is 0.252 e. The molecular formula is C14H20N2O2S. The highest BCUT2D eigenvalue weighted by molar-refractivity contribution is 7.80. The number of morpholine rings is 1. The summed E-state index contributed by atoms with van der Waals surface area (Å²) in [7, 11) is 0. The normalized spacial score (nSPS) is 20.2. The molecular weight excluding hydrogens is 260 g/mol. The van der Waals surface area contributed by atoms with Crippen LogP contribution in [0.15, 0.2) is 29.2 Å². The van der Waals surface area contributed by atoms with Gasteiger partial charge in [-0.1, -0.05) is 19.1 Å². The standard InChI is InChI=1S/C14H20N2O2S/c1-2-16-7-8-18-11(10-16)9-15-14(17)12-5-3-4-6-13(12)19/h3-6,11,19H,2,7-10H2,1H3,(H,15,17). The third-order valence-electron chi connectivity index (χ3n) is 3.31. The van der Waals surface area contributed by atoms with Crippen LogP contribution in [-0.2, 0) is 4.74 Å². The van der Waals surface area contributed by atoms with Gasteiger partial charge in [0, 0.05) is 24.5 Å². The summed E-state index contributed by atoms with van der Waals surface area (Å²) < 4.78 is 5.65. The van der Waals surface area contributed by atoms with E-state index in [0.29, 0.717) is 17.0 Å². The van der Waals surface area contributed by atoms with Crippen LogP contribution in [0.3, 0.4) is 0 Å². The fraction of sp³-hybridized carbons (Fsp3) is 0.500. The Morgan fingerprint density at radius 2 is 2.32 bits per heavy atom. The van der Waals surface area contributed by atoms with Gasteiger partial charge in [0.05, 0.1) is 18.3 Å². The first-order chi connectivity index (χ1) is 9.20. The van der Waals surface area contributed by atoms with E-state index in [9.17, 15) is 4.79 Å². The number of rotatable bonds is 4. The van der Waals surface area contributed by atoms with Crippen molar-refractivity contribution in [1.29, 1.82) is 0 Å². The fourth-order valence-corrected chi connectivity index (χ4v) is 2.42. The molecule has 0 spiro atoms. The van der Waals surface area contributed by atoms with Gasteiger partial charge in [-0.25, -0.2) is 0 Å². The molecule has 1 aromatic rings. The Balaban J connectivity index is 1.85. The van der Waals surface area contributed by atoms with E-state index < -0.39 is 0 Å². The quantitative estimate of drug-likeness (QED) is 0.820. The average molecular weight is 280 g/mol. The molecule has 1 aliphatic rings. The second kappa shape index (κ2) is 6.93. The van der Waals surface area contributed by atoms with Gasteiger partial charge in [-0.15, -0.1) is 12.6 Å². The number of amides is 1. The summed E-state index contributed by atoms with van der Waals surface area (Å²) in [4.78, 5) is 15.1. The van der Waals surface area contributed by atoms with Crippen molar-refractivity contribution in [2.75, 3.05) is 32.8 Å². The van der Waals surface area contributed by atoms with Gasteiger partial charge in [-0.05, 0) is 18.7 Å². The lowest BCUT2D eigenvalue weighted by atomic mass is 10.2. The largest absolute Gasteiger partial charge is 0.374 e. The van der Waals surface area contributed by atoms with Crippen LogP contribution in [0.4, 0.5) is 0 Å². The maximum atomic E-state index is 12.0. The Morgan fingerprint density at radius 3 is 3.05 bits per heavy atom. The van der Waals surface area contributed by atoms with Gasteiger partial charge in [0.25, 0.3) is 5.91 Å². The molecule has 2 rings (SSSR count). The molecule has 1 amide bonds. The minimum absolute atomic E-state index is 0.0738. The van der Waals surface area contributed by atoms with E-state index in [1.807, 2.05) is 18.2 Å². The summed E-state index contributed by atoms with van der Waals surface area (Å²) in [5, 5.41) is 2.91. The van der Waals surface area contributed by atoms with Gasteiger partial charge in [-0.2, -0.15) is 0 Å². The molecule has 19 heavy (non-hydrogen) atoms. The SMILES string of the molecule is CCN1CCOC(CNC(=O)c2ccccc2S)C1. The summed E-state index contributed by atoms with van der Waals surface area (Å²) in [6.45, 7) is 6.28. The number of benzene rings is 1. The van der Waals surface area contributed by atoms with Crippen molar-refractivity contribution in [3.05, 3.63) is 29.8 Å². The third-order valence-corrected chi connectivity index (χ3v) is 3.70. The number of nitrogens with zero attached hydrogens (tertiary/aromatic N) is 1. The maximum Gasteiger partial charge on any atom is 0.252 e. The van der Waals surface area contributed by atoms with Crippen LogP contribution in [0, 0.1) is 0 Å². The summed E-state index contributed by atoms with van der Waals surface area (Å²) >= 11 is 4.29. The zero-order valence-electron chi connectivity index (χ0n) is 11.1. The van der Waals surface area contributed by atoms with Crippen LogP contribution < -0.4 is 5.32 Å². The molecule has 1 fully saturated rings. The van der Waals surface area contributed by atoms with Crippen LogP contribution >= 0.6 is 12.6 Å². The molecule has 0 radical (unpaired) electrons. The van der Waals surface area contributed by atoms with Gasteiger partial charge in [-0.3, -0.25) is 9.69 Å². The van der Waals surface area contributed by atoms with Crippen LogP contribution in [0.25, 0.3) is 0 Å². The highest BCUT2D eigenvalue weighted by atomic mass is 32.1. The molecule has 104 valence electrons. The number of hydrogen-bond acceptors (Lipinski definition) is 4. The molecule has 5 heteroatoms. The van der Waals surface area contributed by atoms with E-state index >= 15 is 0 Å². The molecule has 1 N–H and O–H groups in total. The van der Waals surface area contributed by atoms with Gasteiger partial charge >= 0.3 is 0 Å². The Morgan fingerprint density at radius 1 is 1.53 bits per heavy atom. The summed E-state index contributed by atoms with van der Waals surface area (Å²) in [5.74, 6) is -0.0946. The third kappa shape index (κ3) is 3.96. The molecule has 1 atom stereocenters. The van der Waals surface area contributed by atoms with Crippen molar-refractivity contribution in [3.63, 3.8) is 0 Å². The van der Waals surface area contributed by atoms with Crippen LogP contribution in [0.5, 0.6) is 0 Å². The zero-order valence-corrected chi connectivity index (χ0v) is 12.0. The fourth-order valence-electron chi connectivity index (χ4n) is 2.16. The predicted molar refractivity (Wildman–Crippen MR) is 77.9 cm³/mol. The van der Waals surface area contributed by atoms with Gasteiger partial charge in [0.1, 0.15) is 0 Å². The molecule has 0 aliphatic carbocycles. The maximum absolute atomic E-state index is 12.0. The van der Waals surface area contributed by atoms with E-state index in [-0.39, 0.29) is 12.0 Å². The number of ether oxygens (including phenoxy) is 1. The predicted octanol–water partition coefficient (Wildman–Crippen LogP) is 1.43. The molecule has 1 heterocycles. The minimum Gasteiger partial charge on any atom is -0.374 e. The van der Waals surface area contributed by atoms with Gasteiger partial charge in [0.15, 0.2) is 0 Å². The molecule has 1 aliphatic heterocycles. The number of hydrogen-bond donors (Lipinski definition) is 2. The topological polar surface area (TPSA) is 41.6 Å². The summed E-state index contributed by atoms with van der Waals surface area (Å²) in [5.41, 5.74) is 0.606. The molecule has 1 unspecified atom stereocenters. The lowest BCUT2D eigenvalue weighted by Crippen LogP contribution is -2.47. The van der Waals surface area contributed by atoms with E-state index in [0.717, 1.165) is 26.2 Å². The number of carbonyl (C=O) groups is 1. The van der Waals surface area contributed by atoms with Crippen LogP contribution in [0.2, 0.25) is 0 Å². The Hall–Kier alpha value is -1.04. The molecule has 0 saturated carbocycles. The van der Waals surface area contributed by atoms with Crippen LogP contribution in [0.1, 0.15) is 17.3 Å².